The first kappa shape index (κ1) is 14.3. The summed E-state index contributed by atoms with van der Waals surface area (Å²) >= 11 is 0. The maximum absolute atomic E-state index is 13.1. The van der Waals surface area contributed by atoms with Crippen LogP contribution in [-0.4, -0.2) is 25.4 Å². The van der Waals surface area contributed by atoms with Gasteiger partial charge in [0.25, 0.3) is 0 Å². The Balaban J connectivity index is 2.09. The van der Waals surface area contributed by atoms with Crippen LogP contribution in [0.2, 0.25) is 0 Å². The third kappa shape index (κ3) is 2.35. The van der Waals surface area contributed by atoms with Crippen molar-refractivity contribution in [3.8, 4) is 0 Å². The summed E-state index contributed by atoms with van der Waals surface area (Å²) in [5, 5.41) is 0. The van der Waals surface area contributed by atoms with E-state index in [2.05, 4.69) is 0 Å². The number of carbonyl (C=O) groups is 2. The molecule has 2 aromatic rings. The summed E-state index contributed by atoms with van der Waals surface area (Å²) in [6, 6.07) is 13.0. The number of esters is 1. The SMILES string of the molecule is COC(=O)C1CN(c2ccc(F)cc2)c2ccccc2C1=O. The second kappa shape index (κ2) is 5.60. The predicted octanol–water partition coefficient (Wildman–Crippen LogP) is 2.95. The highest BCUT2D eigenvalue weighted by Crippen LogP contribution is 2.35. The Morgan fingerprint density at radius 2 is 1.86 bits per heavy atom. The molecule has 1 heterocycles. The molecule has 0 bridgehead atoms. The molecule has 0 radical (unpaired) electrons. The van der Waals surface area contributed by atoms with Crippen molar-refractivity contribution in [2.75, 3.05) is 18.6 Å². The molecule has 0 aromatic heterocycles. The number of hydrogen-bond acceptors (Lipinski definition) is 4. The minimum atomic E-state index is -0.884. The molecule has 0 saturated heterocycles. The number of halogens is 1. The highest BCUT2D eigenvalue weighted by Gasteiger charge is 2.37. The number of anilines is 2. The lowest BCUT2D eigenvalue weighted by atomic mass is 9.90. The summed E-state index contributed by atoms with van der Waals surface area (Å²) in [7, 11) is 1.26. The summed E-state index contributed by atoms with van der Waals surface area (Å²) in [6.45, 7) is 0.175. The molecule has 112 valence electrons. The molecule has 0 amide bonds. The van der Waals surface area contributed by atoms with Crippen molar-refractivity contribution in [2.45, 2.75) is 0 Å². The van der Waals surface area contributed by atoms with E-state index in [0.717, 1.165) is 5.69 Å². The smallest absolute Gasteiger partial charge is 0.318 e. The second-order valence-electron chi connectivity index (χ2n) is 5.04. The minimum Gasteiger partial charge on any atom is -0.468 e. The second-order valence-corrected chi connectivity index (χ2v) is 5.04. The molecule has 22 heavy (non-hydrogen) atoms. The summed E-state index contributed by atoms with van der Waals surface area (Å²) in [6.07, 6.45) is 0. The van der Waals surface area contributed by atoms with Gasteiger partial charge in [-0.05, 0) is 36.4 Å². The number of ether oxygens (including phenoxy) is 1. The Hall–Kier alpha value is -2.69. The number of ketones is 1. The van der Waals surface area contributed by atoms with Crippen molar-refractivity contribution in [3.05, 3.63) is 59.9 Å². The lowest BCUT2D eigenvalue weighted by Crippen LogP contribution is -2.41. The van der Waals surface area contributed by atoms with Crippen molar-refractivity contribution >= 4 is 23.1 Å². The van der Waals surface area contributed by atoms with Crippen LogP contribution in [0.25, 0.3) is 0 Å². The molecule has 0 N–H and O–H groups in total. The number of hydrogen-bond donors (Lipinski definition) is 0. The third-order valence-electron chi connectivity index (χ3n) is 3.77. The normalized spacial score (nSPS) is 17.1. The standard InChI is InChI=1S/C17H14FNO3/c1-22-17(21)14-10-19(12-8-6-11(18)7-9-12)15-5-3-2-4-13(15)16(14)20/h2-9,14H,10H2,1H3. The quantitative estimate of drug-likeness (QED) is 0.632. The van der Waals surface area contributed by atoms with Gasteiger partial charge in [0.15, 0.2) is 5.78 Å². The van der Waals surface area contributed by atoms with Crippen LogP contribution in [0.5, 0.6) is 0 Å². The average molecular weight is 299 g/mol. The predicted molar refractivity (Wildman–Crippen MR) is 79.7 cm³/mol. The summed E-state index contributed by atoms with van der Waals surface area (Å²) < 4.78 is 17.9. The molecule has 1 unspecified atom stereocenters. The van der Waals surface area contributed by atoms with Crippen LogP contribution in [0, 0.1) is 11.7 Å². The molecular formula is C17H14FNO3. The van der Waals surface area contributed by atoms with Gasteiger partial charge in [-0.2, -0.15) is 0 Å². The number of benzene rings is 2. The van der Waals surface area contributed by atoms with E-state index < -0.39 is 11.9 Å². The number of nitrogens with zero attached hydrogens (tertiary/aromatic N) is 1. The fourth-order valence-corrected chi connectivity index (χ4v) is 2.66. The van der Waals surface area contributed by atoms with E-state index in [-0.39, 0.29) is 18.1 Å². The van der Waals surface area contributed by atoms with E-state index in [0.29, 0.717) is 11.3 Å². The minimum absolute atomic E-state index is 0.175. The van der Waals surface area contributed by atoms with Crippen LogP contribution in [0.1, 0.15) is 10.4 Å². The van der Waals surface area contributed by atoms with Crippen molar-refractivity contribution in [1.82, 2.24) is 0 Å². The van der Waals surface area contributed by atoms with Crippen molar-refractivity contribution in [1.29, 1.82) is 0 Å². The van der Waals surface area contributed by atoms with E-state index in [9.17, 15) is 14.0 Å². The highest BCUT2D eigenvalue weighted by atomic mass is 19.1. The molecule has 0 aliphatic carbocycles. The van der Waals surface area contributed by atoms with Gasteiger partial charge < -0.3 is 9.64 Å². The largest absolute Gasteiger partial charge is 0.468 e. The number of fused-ring (bicyclic) bond motifs is 1. The number of rotatable bonds is 2. The van der Waals surface area contributed by atoms with Gasteiger partial charge >= 0.3 is 5.97 Å². The molecule has 3 rings (SSSR count). The van der Waals surface area contributed by atoms with Crippen molar-refractivity contribution in [2.24, 2.45) is 5.92 Å². The molecule has 0 saturated carbocycles. The summed E-state index contributed by atoms with van der Waals surface area (Å²) in [5.41, 5.74) is 1.89. The van der Waals surface area contributed by atoms with Gasteiger partial charge in [-0.15, -0.1) is 0 Å². The van der Waals surface area contributed by atoms with Gasteiger partial charge in [0.1, 0.15) is 11.7 Å². The van der Waals surface area contributed by atoms with Gasteiger partial charge in [0, 0.05) is 17.8 Å². The topological polar surface area (TPSA) is 46.6 Å². The lowest BCUT2D eigenvalue weighted by molar-refractivity contribution is -0.143. The highest BCUT2D eigenvalue weighted by molar-refractivity contribution is 6.14. The maximum Gasteiger partial charge on any atom is 0.318 e. The molecule has 1 aliphatic heterocycles. The lowest BCUT2D eigenvalue weighted by Gasteiger charge is -2.34. The summed E-state index contributed by atoms with van der Waals surface area (Å²) in [4.78, 5) is 26.2. The molecule has 0 spiro atoms. The van der Waals surface area contributed by atoms with Crippen LogP contribution in [-0.2, 0) is 9.53 Å². The van der Waals surface area contributed by atoms with Gasteiger partial charge in [0.2, 0.25) is 0 Å². The monoisotopic (exact) mass is 299 g/mol. The Bertz CT molecular complexity index is 727. The first-order valence-corrected chi connectivity index (χ1v) is 6.86. The van der Waals surface area contributed by atoms with E-state index in [1.54, 1.807) is 24.3 Å². The first-order valence-electron chi connectivity index (χ1n) is 6.86. The number of para-hydroxylation sites is 1. The fourth-order valence-electron chi connectivity index (χ4n) is 2.66. The van der Waals surface area contributed by atoms with Crippen LogP contribution < -0.4 is 4.90 Å². The number of Topliss-reactive ketones (excluding diaryl/α,β-unsaturated/α-hetero) is 1. The molecule has 1 aliphatic rings. The number of methoxy groups -OCH3 is 1. The van der Waals surface area contributed by atoms with Crippen LogP contribution in [0.4, 0.5) is 15.8 Å². The maximum atomic E-state index is 13.1. The van der Waals surface area contributed by atoms with Gasteiger partial charge in [-0.1, -0.05) is 12.1 Å². The Labute approximate surface area is 127 Å². The molecule has 0 fully saturated rings. The van der Waals surface area contributed by atoms with E-state index in [4.69, 9.17) is 4.74 Å². The van der Waals surface area contributed by atoms with Gasteiger partial charge in [-0.3, -0.25) is 9.59 Å². The average Bonchev–Trinajstić information content (AvgIpc) is 2.56. The molecule has 2 aromatic carbocycles. The Morgan fingerprint density at radius 3 is 2.55 bits per heavy atom. The molecular weight excluding hydrogens is 285 g/mol. The van der Waals surface area contributed by atoms with E-state index >= 15 is 0 Å². The van der Waals surface area contributed by atoms with Crippen molar-refractivity contribution < 1.29 is 18.7 Å². The molecule has 5 heteroatoms. The first-order chi connectivity index (χ1) is 10.6. The van der Waals surface area contributed by atoms with Crippen molar-refractivity contribution in [3.63, 3.8) is 0 Å². The van der Waals surface area contributed by atoms with Crippen LogP contribution >= 0.6 is 0 Å². The van der Waals surface area contributed by atoms with Gasteiger partial charge in [0.05, 0.1) is 12.8 Å². The van der Waals surface area contributed by atoms with E-state index in [1.165, 1.54) is 19.2 Å². The van der Waals surface area contributed by atoms with Crippen LogP contribution in [0.15, 0.2) is 48.5 Å². The zero-order valence-corrected chi connectivity index (χ0v) is 12.0. The number of carbonyl (C=O) groups excluding carboxylic acids is 2. The molecule has 1 atom stereocenters. The summed E-state index contributed by atoms with van der Waals surface area (Å²) in [5.74, 6) is -2.04. The fraction of sp³-hybridized carbons (Fsp3) is 0.176. The van der Waals surface area contributed by atoms with Crippen LogP contribution in [0.3, 0.4) is 0 Å². The molecule has 4 nitrogen and oxygen atoms in total. The third-order valence-corrected chi connectivity index (χ3v) is 3.77. The zero-order valence-electron chi connectivity index (χ0n) is 12.0. The Kier molecular flexibility index (Phi) is 3.63. The van der Waals surface area contributed by atoms with Gasteiger partial charge in [-0.25, -0.2) is 4.39 Å². The van der Waals surface area contributed by atoms with E-state index in [1.807, 2.05) is 17.0 Å². The Morgan fingerprint density at radius 1 is 1.18 bits per heavy atom. The zero-order chi connectivity index (χ0) is 15.7.